The molecule has 1 saturated carbocycles. The molecule has 2 saturated heterocycles. The highest BCUT2D eigenvalue weighted by molar-refractivity contribution is 5.83. The van der Waals surface area contributed by atoms with E-state index in [4.69, 9.17) is 19.9 Å². The minimum atomic E-state index is -1.42. The Kier molecular flexibility index (Phi) is 8.02. The van der Waals surface area contributed by atoms with Gasteiger partial charge in [-0.15, -0.1) is 0 Å². The number of piperidine rings is 1. The van der Waals surface area contributed by atoms with Crippen LogP contribution < -0.4 is 20.5 Å². The minimum absolute atomic E-state index is 0.0800. The molecule has 226 valence electrons. The zero-order valence-electron chi connectivity index (χ0n) is 23.5. The van der Waals surface area contributed by atoms with Crippen molar-refractivity contribution in [1.82, 2.24) is 29.7 Å². The average Bonchev–Trinajstić information content (AvgIpc) is 3.64. The predicted octanol–water partition coefficient (Wildman–Crippen LogP) is 0.968. The molecule has 6 rings (SSSR count). The lowest BCUT2D eigenvalue weighted by Crippen LogP contribution is -2.43. The van der Waals surface area contributed by atoms with Crippen molar-refractivity contribution in [2.45, 2.75) is 62.7 Å². The first-order valence-electron chi connectivity index (χ1n) is 14.2. The van der Waals surface area contributed by atoms with Gasteiger partial charge in [0.1, 0.15) is 29.2 Å². The molecule has 4 atom stereocenters. The molecule has 3 aromatic rings. The van der Waals surface area contributed by atoms with Gasteiger partial charge in [-0.3, -0.25) is 9.36 Å². The van der Waals surface area contributed by atoms with Crippen LogP contribution in [0.5, 0.6) is 11.5 Å². The van der Waals surface area contributed by atoms with Gasteiger partial charge in [-0.1, -0.05) is 5.92 Å². The minimum Gasteiger partial charge on any atom is -0.497 e. The Bertz CT molecular complexity index is 1550. The Labute approximate surface area is 247 Å². The molecule has 3 aliphatic rings. The number of nitrogen functional groups attached to an aromatic ring is 1. The van der Waals surface area contributed by atoms with E-state index in [1.54, 1.807) is 36.3 Å². The second kappa shape index (κ2) is 12.0. The maximum atomic E-state index is 12.6. The number of nitrogens with two attached hydrogens (primary N) is 1. The maximum Gasteiger partial charge on any atom is 0.415 e. The van der Waals surface area contributed by atoms with E-state index in [2.05, 4.69) is 32.1 Å². The number of nitrogens with one attached hydrogen (secondary N) is 1. The van der Waals surface area contributed by atoms with Gasteiger partial charge in [-0.05, 0) is 61.8 Å². The molecule has 5 N–H and O–H groups in total. The second-order valence-corrected chi connectivity index (χ2v) is 10.9. The SMILES string of the molecule is COc1ccc(OC(=O)N2CCC(CC#Cc3nc(N)c4ncn([C@@H]5O[C@H](C(=O)NC6CC6)[C@@H](O)[C@H]5O)c4n3)CC2)cc1. The summed E-state index contributed by atoms with van der Waals surface area (Å²) >= 11 is 0. The van der Waals surface area contributed by atoms with Gasteiger partial charge in [0.25, 0.3) is 5.91 Å². The first-order chi connectivity index (χ1) is 20.8. The summed E-state index contributed by atoms with van der Waals surface area (Å²) in [5.74, 6) is 7.31. The zero-order chi connectivity index (χ0) is 30.1. The number of nitrogens with zero attached hydrogens (tertiary/aromatic N) is 5. The Morgan fingerprint density at radius 3 is 2.51 bits per heavy atom. The van der Waals surface area contributed by atoms with Crippen LogP contribution in [0, 0.1) is 17.8 Å². The summed E-state index contributed by atoms with van der Waals surface area (Å²) in [6, 6.07) is 6.93. The number of methoxy groups -OCH3 is 1. The van der Waals surface area contributed by atoms with E-state index in [1.165, 1.54) is 10.9 Å². The fourth-order valence-corrected chi connectivity index (χ4v) is 5.20. The van der Waals surface area contributed by atoms with Crippen molar-refractivity contribution in [1.29, 1.82) is 0 Å². The number of aromatic nitrogens is 4. The number of imidazole rings is 1. The number of ether oxygens (including phenoxy) is 3. The van der Waals surface area contributed by atoms with Crippen LogP contribution in [0.25, 0.3) is 11.2 Å². The Morgan fingerprint density at radius 1 is 1.09 bits per heavy atom. The van der Waals surface area contributed by atoms with Gasteiger partial charge in [0.05, 0.1) is 13.4 Å². The van der Waals surface area contributed by atoms with Gasteiger partial charge in [0.15, 0.2) is 23.8 Å². The molecule has 4 heterocycles. The lowest BCUT2D eigenvalue weighted by atomic mass is 9.94. The molecule has 43 heavy (non-hydrogen) atoms. The number of rotatable bonds is 6. The molecule has 14 heteroatoms. The molecular formula is C29H33N7O7. The number of benzene rings is 1. The first kappa shape index (κ1) is 28.7. The number of amides is 2. The van der Waals surface area contributed by atoms with Crippen LogP contribution in [-0.4, -0.2) is 91.2 Å². The number of likely N-dealkylation sites (tertiary alicyclic amines) is 1. The third-order valence-corrected chi connectivity index (χ3v) is 7.87. The van der Waals surface area contributed by atoms with Crippen LogP contribution in [0.2, 0.25) is 0 Å². The fraction of sp³-hybridized carbons (Fsp3) is 0.483. The van der Waals surface area contributed by atoms with E-state index >= 15 is 0 Å². The van der Waals surface area contributed by atoms with Crippen molar-refractivity contribution in [3.05, 3.63) is 36.4 Å². The Hall–Kier alpha value is -4.45. The summed E-state index contributed by atoms with van der Waals surface area (Å²) in [6.45, 7) is 1.12. The molecule has 1 aliphatic carbocycles. The number of aliphatic hydroxyl groups is 2. The molecule has 2 amide bonds. The Balaban J connectivity index is 1.07. The third-order valence-electron chi connectivity index (χ3n) is 7.87. The first-order valence-corrected chi connectivity index (χ1v) is 14.2. The van der Waals surface area contributed by atoms with Crippen molar-refractivity contribution >= 4 is 29.0 Å². The van der Waals surface area contributed by atoms with E-state index in [0.29, 0.717) is 31.0 Å². The summed E-state index contributed by atoms with van der Waals surface area (Å²) in [6.07, 6.45) is -0.267. The summed E-state index contributed by atoms with van der Waals surface area (Å²) in [5, 5.41) is 24.0. The number of anilines is 1. The van der Waals surface area contributed by atoms with Crippen molar-refractivity contribution in [3.8, 4) is 23.3 Å². The number of carbonyl (C=O) groups is 2. The van der Waals surface area contributed by atoms with Gasteiger partial charge in [0.2, 0.25) is 5.82 Å². The van der Waals surface area contributed by atoms with E-state index in [1.807, 2.05) is 0 Å². The molecular weight excluding hydrogens is 558 g/mol. The van der Waals surface area contributed by atoms with Crippen LogP contribution in [0.15, 0.2) is 30.6 Å². The molecule has 0 unspecified atom stereocenters. The van der Waals surface area contributed by atoms with Crippen molar-refractivity contribution in [2.24, 2.45) is 5.92 Å². The van der Waals surface area contributed by atoms with Crippen LogP contribution in [0.3, 0.4) is 0 Å². The summed E-state index contributed by atoms with van der Waals surface area (Å²) in [5.41, 5.74) is 6.68. The molecule has 3 fully saturated rings. The number of hydrogen-bond donors (Lipinski definition) is 4. The predicted molar refractivity (Wildman–Crippen MR) is 152 cm³/mol. The van der Waals surface area contributed by atoms with Gasteiger partial charge in [-0.25, -0.2) is 19.7 Å². The van der Waals surface area contributed by atoms with Crippen LogP contribution in [0.1, 0.15) is 44.2 Å². The topological polar surface area (TPSA) is 187 Å². The van der Waals surface area contributed by atoms with Gasteiger partial charge in [0, 0.05) is 25.6 Å². The quantitative estimate of drug-likeness (QED) is 0.299. The number of hydrogen-bond acceptors (Lipinski definition) is 11. The highest BCUT2D eigenvalue weighted by Crippen LogP contribution is 2.33. The zero-order valence-corrected chi connectivity index (χ0v) is 23.5. The lowest BCUT2D eigenvalue weighted by molar-refractivity contribution is -0.137. The monoisotopic (exact) mass is 591 g/mol. The van der Waals surface area contributed by atoms with Crippen LogP contribution in [0.4, 0.5) is 10.6 Å². The molecule has 2 aliphatic heterocycles. The number of aliphatic hydroxyl groups excluding tert-OH is 2. The molecule has 0 radical (unpaired) electrons. The van der Waals surface area contributed by atoms with E-state index in [0.717, 1.165) is 25.7 Å². The highest BCUT2D eigenvalue weighted by Gasteiger charge is 2.48. The number of fused-ring (bicyclic) bond motifs is 1. The maximum absolute atomic E-state index is 12.6. The largest absolute Gasteiger partial charge is 0.497 e. The second-order valence-electron chi connectivity index (χ2n) is 10.9. The smallest absolute Gasteiger partial charge is 0.415 e. The van der Waals surface area contributed by atoms with Crippen molar-refractivity contribution in [3.63, 3.8) is 0 Å². The van der Waals surface area contributed by atoms with Gasteiger partial charge >= 0.3 is 6.09 Å². The van der Waals surface area contributed by atoms with Crippen LogP contribution in [-0.2, 0) is 9.53 Å². The molecule has 14 nitrogen and oxygen atoms in total. The molecule has 1 aromatic carbocycles. The van der Waals surface area contributed by atoms with Crippen molar-refractivity contribution in [2.75, 3.05) is 25.9 Å². The summed E-state index contributed by atoms with van der Waals surface area (Å²) < 4.78 is 17.8. The molecule has 0 bridgehead atoms. The van der Waals surface area contributed by atoms with E-state index in [-0.39, 0.29) is 40.9 Å². The standard InChI is InChI=1S/C29H33N7O7/c1-41-18-7-9-19(10-8-18)42-29(40)35-13-11-16(12-14-35)3-2-4-20-33-25(30)21-26(34-20)36(15-31-21)28-23(38)22(37)24(43-28)27(39)32-17-5-6-17/h7-10,15-17,22-24,28,37-38H,3,5-6,11-14H2,1H3,(H,32,39)(H2,30,33,34)/t22-,23+,24-,28+/m0/s1. The summed E-state index contributed by atoms with van der Waals surface area (Å²) in [4.78, 5) is 39.7. The molecule has 0 spiro atoms. The highest BCUT2D eigenvalue weighted by atomic mass is 16.6. The van der Waals surface area contributed by atoms with Crippen molar-refractivity contribution < 1.29 is 34.0 Å². The number of carbonyl (C=O) groups excluding carboxylic acids is 2. The van der Waals surface area contributed by atoms with E-state index in [9.17, 15) is 19.8 Å². The van der Waals surface area contributed by atoms with Gasteiger partial charge in [-0.2, -0.15) is 0 Å². The average molecular weight is 592 g/mol. The normalized spacial score (nSPS) is 23.9. The fourth-order valence-electron chi connectivity index (χ4n) is 5.20. The Morgan fingerprint density at radius 2 is 1.81 bits per heavy atom. The summed E-state index contributed by atoms with van der Waals surface area (Å²) in [7, 11) is 1.57. The third kappa shape index (κ3) is 6.19. The van der Waals surface area contributed by atoms with E-state index < -0.39 is 30.4 Å². The molecule has 2 aromatic heterocycles. The van der Waals surface area contributed by atoms with Crippen LogP contribution >= 0.6 is 0 Å². The lowest BCUT2D eigenvalue weighted by Gasteiger charge is -2.30. The van der Waals surface area contributed by atoms with Gasteiger partial charge < -0.3 is 40.4 Å².